The third kappa shape index (κ3) is 2.79. The lowest BCUT2D eigenvalue weighted by Crippen LogP contribution is -1.98. The molecule has 0 spiro atoms. The first-order valence-electron chi connectivity index (χ1n) is 5.41. The summed E-state index contributed by atoms with van der Waals surface area (Å²) in [5.41, 5.74) is 2.04. The van der Waals surface area contributed by atoms with E-state index in [2.05, 4.69) is 37.8 Å². The average Bonchev–Trinajstić information content (AvgIpc) is 2.36. The second-order valence-corrected chi connectivity index (χ2v) is 4.85. The number of aryl methyl sites for hydroxylation is 1. The maximum atomic E-state index is 5.24. The number of pyridine rings is 1. The van der Waals surface area contributed by atoms with E-state index in [1.165, 1.54) is 0 Å². The number of hydrogen-bond acceptors (Lipinski definition) is 3. The van der Waals surface area contributed by atoms with E-state index in [1.54, 1.807) is 12.4 Å². The van der Waals surface area contributed by atoms with Gasteiger partial charge in [-0.15, -0.1) is 0 Å². The number of aromatic nitrogens is 3. The molecule has 2 aromatic heterocycles. The normalized spacial score (nSPS) is 10.5. The van der Waals surface area contributed by atoms with Crippen LogP contribution in [0.5, 0.6) is 0 Å². The molecular formula is C12H12BrN3S. The molecule has 17 heavy (non-hydrogen) atoms. The summed E-state index contributed by atoms with van der Waals surface area (Å²) in [6, 6.07) is 3.85. The first kappa shape index (κ1) is 12.4. The second-order valence-electron chi connectivity index (χ2n) is 3.67. The molecule has 0 unspecified atom stereocenters. The van der Waals surface area contributed by atoms with Crippen LogP contribution < -0.4 is 0 Å². The molecule has 0 bridgehead atoms. The van der Waals surface area contributed by atoms with E-state index < -0.39 is 0 Å². The fraction of sp³-hybridized carbons (Fsp3) is 0.250. The van der Waals surface area contributed by atoms with Crippen LogP contribution >= 0.6 is 28.1 Å². The molecule has 0 aliphatic heterocycles. The Morgan fingerprint density at radius 2 is 2.29 bits per heavy atom. The zero-order chi connectivity index (χ0) is 12.3. The van der Waals surface area contributed by atoms with Gasteiger partial charge in [0, 0.05) is 23.7 Å². The van der Waals surface area contributed by atoms with Crippen LogP contribution in [0.15, 0.2) is 29.0 Å². The Labute approximate surface area is 113 Å². The summed E-state index contributed by atoms with van der Waals surface area (Å²) < 4.78 is 1.48. The summed E-state index contributed by atoms with van der Waals surface area (Å²) in [5, 5.41) is 0. The number of halogens is 1. The lowest BCUT2D eigenvalue weighted by molar-refractivity contribution is 0.865. The van der Waals surface area contributed by atoms with Crippen LogP contribution in [0.2, 0.25) is 0 Å². The Morgan fingerprint density at radius 1 is 1.47 bits per heavy atom. The minimum Gasteiger partial charge on any atom is -0.342 e. The van der Waals surface area contributed by atoms with Crippen molar-refractivity contribution in [2.45, 2.75) is 19.8 Å². The minimum atomic E-state index is 0.589. The molecule has 0 amide bonds. The van der Waals surface area contributed by atoms with Gasteiger partial charge >= 0.3 is 0 Å². The lowest BCUT2D eigenvalue weighted by atomic mass is 10.2. The van der Waals surface area contributed by atoms with Crippen LogP contribution in [0, 0.1) is 4.64 Å². The Hall–Kier alpha value is -1.07. The van der Waals surface area contributed by atoms with Crippen molar-refractivity contribution in [1.82, 2.24) is 15.0 Å². The predicted octanol–water partition coefficient (Wildman–Crippen LogP) is 3.92. The Balaban J connectivity index is 2.53. The van der Waals surface area contributed by atoms with Gasteiger partial charge < -0.3 is 4.98 Å². The average molecular weight is 310 g/mol. The van der Waals surface area contributed by atoms with Crippen molar-refractivity contribution in [3.63, 3.8) is 0 Å². The van der Waals surface area contributed by atoms with Gasteiger partial charge in [-0.1, -0.05) is 25.6 Å². The van der Waals surface area contributed by atoms with E-state index in [9.17, 15) is 0 Å². The van der Waals surface area contributed by atoms with Crippen LogP contribution in [0.3, 0.4) is 0 Å². The van der Waals surface area contributed by atoms with Gasteiger partial charge in [-0.2, -0.15) is 0 Å². The molecular weight excluding hydrogens is 298 g/mol. The highest BCUT2D eigenvalue weighted by Crippen LogP contribution is 2.21. The number of rotatable bonds is 3. The maximum Gasteiger partial charge on any atom is 0.144 e. The second kappa shape index (κ2) is 5.51. The van der Waals surface area contributed by atoms with Crippen molar-refractivity contribution in [3.8, 4) is 11.4 Å². The van der Waals surface area contributed by atoms with E-state index in [0.717, 1.165) is 34.4 Å². The third-order valence-electron chi connectivity index (χ3n) is 2.37. The van der Waals surface area contributed by atoms with Crippen molar-refractivity contribution in [2.75, 3.05) is 0 Å². The number of aromatic amines is 1. The molecule has 0 fully saturated rings. The molecule has 0 atom stereocenters. The van der Waals surface area contributed by atoms with Crippen molar-refractivity contribution < 1.29 is 0 Å². The van der Waals surface area contributed by atoms with Crippen molar-refractivity contribution in [3.05, 3.63) is 39.3 Å². The molecule has 2 heterocycles. The fourth-order valence-electron chi connectivity index (χ4n) is 1.57. The number of nitrogens with one attached hydrogen (secondary N) is 1. The van der Waals surface area contributed by atoms with Crippen molar-refractivity contribution >= 4 is 28.1 Å². The molecule has 0 radical (unpaired) electrons. The SMILES string of the molecule is CCCc1[nH]c(-c2cccnc2)nc(=S)c1Br. The highest BCUT2D eigenvalue weighted by atomic mass is 79.9. The summed E-state index contributed by atoms with van der Waals surface area (Å²) in [5.74, 6) is 0.773. The predicted molar refractivity (Wildman–Crippen MR) is 74.3 cm³/mol. The standard InChI is InChI=1S/C12H12BrN3S/c1-2-4-9-10(13)12(17)16-11(15-9)8-5-3-6-14-7-8/h3,5-7H,2,4H2,1H3,(H,15,16,17). The molecule has 2 aromatic rings. The minimum absolute atomic E-state index is 0.589. The molecule has 0 aromatic carbocycles. The molecule has 3 nitrogen and oxygen atoms in total. The maximum absolute atomic E-state index is 5.24. The number of nitrogens with zero attached hydrogens (tertiary/aromatic N) is 2. The molecule has 0 aliphatic carbocycles. The summed E-state index contributed by atoms with van der Waals surface area (Å²) in [6.07, 6.45) is 5.52. The van der Waals surface area contributed by atoms with Gasteiger partial charge in [-0.05, 0) is 34.5 Å². The highest BCUT2D eigenvalue weighted by Gasteiger charge is 2.07. The molecule has 2 rings (SSSR count). The first-order chi connectivity index (χ1) is 8.22. The smallest absolute Gasteiger partial charge is 0.144 e. The Morgan fingerprint density at radius 3 is 2.94 bits per heavy atom. The monoisotopic (exact) mass is 309 g/mol. The summed E-state index contributed by atoms with van der Waals surface area (Å²) in [7, 11) is 0. The fourth-order valence-corrected chi connectivity index (χ4v) is 2.17. The van der Waals surface area contributed by atoms with Gasteiger partial charge in [-0.3, -0.25) is 4.98 Å². The number of H-pyrrole nitrogens is 1. The molecule has 1 N–H and O–H groups in total. The van der Waals surface area contributed by atoms with E-state index in [-0.39, 0.29) is 0 Å². The molecule has 5 heteroatoms. The molecule has 0 aliphatic rings. The van der Waals surface area contributed by atoms with Crippen molar-refractivity contribution in [1.29, 1.82) is 0 Å². The van der Waals surface area contributed by atoms with Gasteiger partial charge in [0.25, 0.3) is 0 Å². The van der Waals surface area contributed by atoms with Crippen LogP contribution in [0.1, 0.15) is 19.0 Å². The Kier molecular flexibility index (Phi) is 4.02. The van der Waals surface area contributed by atoms with E-state index in [4.69, 9.17) is 12.2 Å². The van der Waals surface area contributed by atoms with E-state index in [1.807, 2.05) is 12.1 Å². The first-order valence-corrected chi connectivity index (χ1v) is 6.61. The van der Waals surface area contributed by atoms with Crippen molar-refractivity contribution in [2.24, 2.45) is 0 Å². The quantitative estimate of drug-likeness (QED) is 0.874. The van der Waals surface area contributed by atoms with Gasteiger partial charge in [0.1, 0.15) is 10.5 Å². The van der Waals surface area contributed by atoms with E-state index in [0.29, 0.717) is 4.64 Å². The van der Waals surface area contributed by atoms with Gasteiger partial charge in [0.05, 0.1) is 4.47 Å². The third-order valence-corrected chi connectivity index (χ3v) is 3.78. The summed E-state index contributed by atoms with van der Waals surface area (Å²) in [6.45, 7) is 2.13. The molecule has 88 valence electrons. The zero-order valence-electron chi connectivity index (χ0n) is 9.40. The molecule has 0 saturated carbocycles. The van der Waals surface area contributed by atoms with Gasteiger partial charge in [0.15, 0.2) is 0 Å². The van der Waals surface area contributed by atoms with E-state index >= 15 is 0 Å². The Bertz CT molecular complexity index is 566. The van der Waals surface area contributed by atoms with Crippen LogP contribution in [-0.2, 0) is 6.42 Å². The summed E-state index contributed by atoms with van der Waals surface area (Å²) >= 11 is 8.72. The summed E-state index contributed by atoms with van der Waals surface area (Å²) in [4.78, 5) is 11.7. The largest absolute Gasteiger partial charge is 0.342 e. The zero-order valence-corrected chi connectivity index (χ0v) is 11.8. The van der Waals surface area contributed by atoms with Gasteiger partial charge in [-0.25, -0.2) is 4.98 Å². The topological polar surface area (TPSA) is 41.6 Å². The lowest BCUT2D eigenvalue weighted by Gasteiger charge is -2.07. The molecule has 0 saturated heterocycles. The number of hydrogen-bond donors (Lipinski definition) is 1. The van der Waals surface area contributed by atoms with Crippen LogP contribution in [-0.4, -0.2) is 15.0 Å². The van der Waals surface area contributed by atoms with Crippen LogP contribution in [0.4, 0.5) is 0 Å². The van der Waals surface area contributed by atoms with Gasteiger partial charge in [0.2, 0.25) is 0 Å². The van der Waals surface area contributed by atoms with Crippen LogP contribution in [0.25, 0.3) is 11.4 Å². The highest BCUT2D eigenvalue weighted by molar-refractivity contribution is 9.10.